The van der Waals surface area contributed by atoms with Crippen molar-refractivity contribution < 1.29 is 19.4 Å². The van der Waals surface area contributed by atoms with Gasteiger partial charge in [0.1, 0.15) is 6.61 Å². The summed E-state index contributed by atoms with van der Waals surface area (Å²) in [6.07, 6.45) is 1.27. The zero-order valence-electron chi connectivity index (χ0n) is 12.4. The highest BCUT2D eigenvalue weighted by molar-refractivity contribution is 7.10. The number of piperidine rings is 1. The van der Waals surface area contributed by atoms with Gasteiger partial charge in [-0.15, -0.1) is 11.3 Å². The average Bonchev–Trinajstić information content (AvgIpc) is 3.05. The summed E-state index contributed by atoms with van der Waals surface area (Å²) in [5.41, 5.74) is 0. The zero-order chi connectivity index (χ0) is 15.1. The van der Waals surface area contributed by atoms with Crippen LogP contribution in [0.15, 0.2) is 17.5 Å². The second-order valence-electron chi connectivity index (χ2n) is 5.22. The van der Waals surface area contributed by atoms with Crippen LogP contribution in [-0.2, 0) is 14.3 Å². The lowest BCUT2D eigenvalue weighted by molar-refractivity contribution is -0.138. The van der Waals surface area contributed by atoms with Crippen LogP contribution in [0.1, 0.15) is 23.8 Å². The summed E-state index contributed by atoms with van der Waals surface area (Å²) in [6.45, 7) is 2.44. The summed E-state index contributed by atoms with van der Waals surface area (Å²) < 4.78 is 10.1. The monoisotopic (exact) mass is 313 g/mol. The van der Waals surface area contributed by atoms with Gasteiger partial charge in [-0.05, 0) is 30.2 Å². The van der Waals surface area contributed by atoms with E-state index in [1.54, 1.807) is 18.4 Å². The lowest BCUT2D eigenvalue weighted by Gasteiger charge is -2.34. The molecule has 5 nitrogen and oxygen atoms in total. The Bertz CT molecular complexity index is 415. The van der Waals surface area contributed by atoms with Crippen molar-refractivity contribution in [1.29, 1.82) is 0 Å². The van der Waals surface area contributed by atoms with E-state index >= 15 is 0 Å². The van der Waals surface area contributed by atoms with Crippen LogP contribution < -0.4 is 0 Å². The maximum Gasteiger partial charge on any atom is 0.248 e. The third-order valence-electron chi connectivity index (χ3n) is 3.83. The van der Waals surface area contributed by atoms with Crippen LogP contribution in [0.5, 0.6) is 0 Å². The first-order valence-electron chi connectivity index (χ1n) is 7.28. The number of aliphatic hydroxyl groups is 1. The van der Waals surface area contributed by atoms with Crippen molar-refractivity contribution in [3.63, 3.8) is 0 Å². The summed E-state index contributed by atoms with van der Waals surface area (Å²) in [6, 6.07) is 3.93. The van der Waals surface area contributed by atoms with Crippen LogP contribution in [0.2, 0.25) is 0 Å². The normalized spacial score (nSPS) is 17.9. The first-order chi connectivity index (χ1) is 10.2. The maximum absolute atomic E-state index is 12.0. The van der Waals surface area contributed by atoms with E-state index < -0.39 is 6.10 Å². The smallest absolute Gasteiger partial charge is 0.248 e. The molecule has 0 radical (unpaired) electrons. The Kier molecular flexibility index (Phi) is 6.63. The Morgan fingerprint density at radius 1 is 1.48 bits per heavy atom. The highest BCUT2D eigenvalue weighted by Gasteiger charge is 2.28. The van der Waals surface area contributed by atoms with Crippen molar-refractivity contribution in [2.45, 2.75) is 18.9 Å². The second-order valence-corrected chi connectivity index (χ2v) is 6.20. The van der Waals surface area contributed by atoms with Crippen molar-refractivity contribution in [3.05, 3.63) is 22.4 Å². The van der Waals surface area contributed by atoms with Crippen LogP contribution in [0, 0.1) is 5.92 Å². The second kappa shape index (κ2) is 8.48. The molecule has 1 amide bonds. The van der Waals surface area contributed by atoms with Crippen molar-refractivity contribution in [2.24, 2.45) is 5.92 Å². The molecule has 118 valence electrons. The predicted molar refractivity (Wildman–Crippen MR) is 81.3 cm³/mol. The molecule has 1 aliphatic rings. The van der Waals surface area contributed by atoms with Gasteiger partial charge in [-0.1, -0.05) is 6.07 Å². The Labute approximate surface area is 129 Å². The van der Waals surface area contributed by atoms with E-state index in [9.17, 15) is 9.90 Å². The fourth-order valence-corrected chi connectivity index (χ4v) is 3.35. The van der Waals surface area contributed by atoms with Crippen LogP contribution >= 0.6 is 11.3 Å². The lowest BCUT2D eigenvalue weighted by Crippen LogP contribution is -2.41. The number of methoxy groups -OCH3 is 1. The van der Waals surface area contributed by atoms with Crippen molar-refractivity contribution in [2.75, 3.05) is 40.0 Å². The van der Waals surface area contributed by atoms with Crippen LogP contribution in [0.4, 0.5) is 0 Å². The number of aliphatic hydroxyl groups excluding tert-OH is 1. The van der Waals surface area contributed by atoms with Gasteiger partial charge >= 0.3 is 0 Å². The number of hydrogen-bond donors (Lipinski definition) is 1. The van der Waals surface area contributed by atoms with Gasteiger partial charge in [-0.2, -0.15) is 0 Å². The molecular weight excluding hydrogens is 290 g/mol. The number of likely N-dealkylation sites (tertiary alicyclic amines) is 1. The van der Waals surface area contributed by atoms with E-state index in [0.29, 0.717) is 26.3 Å². The molecular formula is C15H23NO4S. The molecule has 1 aliphatic heterocycles. The zero-order valence-corrected chi connectivity index (χ0v) is 13.2. The molecule has 2 rings (SSSR count). The highest BCUT2D eigenvalue weighted by atomic mass is 32.1. The van der Waals surface area contributed by atoms with Crippen LogP contribution in [0.25, 0.3) is 0 Å². The number of rotatable bonds is 7. The van der Waals surface area contributed by atoms with Gasteiger partial charge < -0.3 is 19.5 Å². The predicted octanol–water partition coefficient (Wildman–Crippen LogP) is 1.68. The molecule has 1 aromatic heterocycles. The molecule has 0 aliphatic carbocycles. The Morgan fingerprint density at radius 2 is 2.24 bits per heavy atom. The van der Waals surface area contributed by atoms with E-state index in [4.69, 9.17) is 9.47 Å². The first kappa shape index (κ1) is 16.4. The third-order valence-corrected chi connectivity index (χ3v) is 4.77. The molecule has 1 saturated heterocycles. The molecule has 1 unspecified atom stereocenters. The minimum absolute atomic E-state index is 0.0233. The molecule has 2 heterocycles. The third kappa shape index (κ3) is 4.78. The number of carbonyl (C=O) groups excluding carboxylic acids is 1. The van der Waals surface area contributed by atoms with E-state index in [2.05, 4.69) is 0 Å². The summed E-state index contributed by atoms with van der Waals surface area (Å²) in [5, 5.41) is 12.3. The summed E-state index contributed by atoms with van der Waals surface area (Å²) in [5.74, 6) is 0.261. The molecule has 1 fully saturated rings. The van der Waals surface area contributed by atoms with Gasteiger partial charge in [-0.25, -0.2) is 0 Å². The van der Waals surface area contributed by atoms with Gasteiger partial charge in [0.15, 0.2) is 0 Å². The largest absolute Gasteiger partial charge is 0.387 e. The first-order valence-corrected chi connectivity index (χ1v) is 8.16. The fourth-order valence-electron chi connectivity index (χ4n) is 2.55. The van der Waals surface area contributed by atoms with E-state index in [1.165, 1.54) is 0 Å². The highest BCUT2D eigenvalue weighted by Crippen LogP contribution is 2.32. The summed E-state index contributed by atoms with van der Waals surface area (Å²) in [7, 11) is 1.61. The maximum atomic E-state index is 12.0. The topological polar surface area (TPSA) is 59.0 Å². The molecule has 1 N–H and O–H groups in total. The Morgan fingerprint density at radius 3 is 2.86 bits per heavy atom. The summed E-state index contributed by atoms with van der Waals surface area (Å²) >= 11 is 1.59. The molecule has 0 saturated carbocycles. The van der Waals surface area contributed by atoms with Crippen molar-refractivity contribution in [1.82, 2.24) is 4.90 Å². The SMILES string of the molecule is COCCOCC(=O)N1CCC(C(O)c2cccs2)CC1. The number of nitrogens with zero attached hydrogens (tertiary/aromatic N) is 1. The lowest BCUT2D eigenvalue weighted by atomic mass is 9.90. The van der Waals surface area contributed by atoms with Gasteiger partial charge in [-0.3, -0.25) is 4.79 Å². The van der Waals surface area contributed by atoms with Gasteiger partial charge in [0.25, 0.3) is 0 Å². The fraction of sp³-hybridized carbons (Fsp3) is 0.667. The number of hydrogen-bond acceptors (Lipinski definition) is 5. The summed E-state index contributed by atoms with van der Waals surface area (Å²) in [4.78, 5) is 14.8. The molecule has 1 aromatic rings. The van der Waals surface area contributed by atoms with E-state index in [0.717, 1.165) is 17.7 Å². The van der Waals surface area contributed by atoms with Crippen molar-refractivity contribution >= 4 is 17.2 Å². The quantitative estimate of drug-likeness (QED) is 0.778. The number of ether oxygens (including phenoxy) is 2. The minimum atomic E-state index is -0.403. The van der Waals surface area contributed by atoms with Crippen LogP contribution in [0.3, 0.4) is 0 Å². The van der Waals surface area contributed by atoms with Gasteiger partial charge in [0.2, 0.25) is 5.91 Å². The molecule has 1 atom stereocenters. The molecule has 0 spiro atoms. The van der Waals surface area contributed by atoms with Gasteiger partial charge in [0.05, 0.1) is 19.3 Å². The minimum Gasteiger partial charge on any atom is -0.387 e. The molecule has 0 bridgehead atoms. The Hall–Kier alpha value is -0.950. The van der Waals surface area contributed by atoms with E-state index in [-0.39, 0.29) is 18.4 Å². The molecule has 0 aromatic carbocycles. The number of amides is 1. The Balaban J connectivity index is 1.71. The molecule has 21 heavy (non-hydrogen) atoms. The molecule has 6 heteroatoms. The van der Waals surface area contributed by atoms with Crippen molar-refractivity contribution in [3.8, 4) is 0 Å². The average molecular weight is 313 g/mol. The van der Waals surface area contributed by atoms with Crippen LogP contribution in [-0.4, -0.2) is 55.9 Å². The number of thiophene rings is 1. The number of carbonyl (C=O) groups is 1. The standard InChI is InChI=1S/C15H23NO4S/c1-19-8-9-20-11-14(17)16-6-4-12(5-7-16)15(18)13-3-2-10-21-13/h2-3,10,12,15,18H,4-9,11H2,1H3. The van der Waals surface area contributed by atoms with E-state index in [1.807, 2.05) is 22.4 Å². The van der Waals surface area contributed by atoms with Gasteiger partial charge in [0, 0.05) is 25.1 Å².